The van der Waals surface area contributed by atoms with E-state index in [4.69, 9.17) is 0 Å². The monoisotopic (exact) mass is 261 g/mol. The molecule has 1 N–H and O–H groups in total. The number of hydrogen-bond donors (Lipinski definition) is 1. The number of nitrogens with zero attached hydrogens (tertiary/aromatic N) is 2. The molecule has 3 nitrogen and oxygen atoms in total. The van der Waals surface area contributed by atoms with Crippen molar-refractivity contribution >= 4 is 0 Å². The lowest BCUT2D eigenvalue weighted by atomic mass is 9.81. The van der Waals surface area contributed by atoms with Crippen LogP contribution < -0.4 is 5.32 Å². The first kappa shape index (κ1) is 13.2. The van der Waals surface area contributed by atoms with E-state index in [9.17, 15) is 0 Å². The van der Waals surface area contributed by atoms with Gasteiger partial charge in [0.2, 0.25) is 0 Å². The van der Waals surface area contributed by atoms with Crippen LogP contribution >= 0.6 is 0 Å². The first-order valence-corrected chi connectivity index (χ1v) is 8.07. The minimum Gasteiger partial charge on any atom is -0.310 e. The molecule has 4 unspecified atom stereocenters. The highest BCUT2D eigenvalue weighted by molar-refractivity contribution is 5.14. The highest BCUT2D eigenvalue weighted by atomic mass is 15.3. The first-order chi connectivity index (χ1) is 9.31. The summed E-state index contributed by atoms with van der Waals surface area (Å²) in [5.41, 5.74) is 1.41. The molecule has 0 spiro atoms. The zero-order chi connectivity index (χ0) is 13.2. The molecule has 0 aliphatic heterocycles. The predicted octanol–water partition coefficient (Wildman–Crippen LogP) is 3.38. The van der Waals surface area contributed by atoms with E-state index in [1.54, 1.807) is 0 Å². The summed E-state index contributed by atoms with van der Waals surface area (Å²) >= 11 is 0. The standard InChI is InChI=1S/C16H27N3/c1-3-7-19-11-14(10-18-19)16(17-4-2)15-9-12-5-6-13(15)8-12/h10-13,15-17H,3-9H2,1-2H3. The Kier molecular flexibility index (Phi) is 3.92. The Hall–Kier alpha value is -0.830. The number of hydrogen-bond acceptors (Lipinski definition) is 2. The van der Waals surface area contributed by atoms with Crippen molar-refractivity contribution in [2.45, 2.75) is 58.5 Å². The van der Waals surface area contributed by atoms with Gasteiger partial charge in [-0.25, -0.2) is 0 Å². The lowest BCUT2D eigenvalue weighted by molar-refractivity contribution is 0.253. The van der Waals surface area contributed by atoms with Gasteiger partial charge in [-0.15, -0.1) is 0 Å². The summed E-state index contributed by atoms with van der Waals surface area (Å²) in [7, 11) is 0. The Morgan fingerprint density at radius 2 is 2.26 bits per heavy atom. The van der Waals surface area contributed by atoms with Crippen molar-refractivity contribution in [3.8, 4) is 0 Å². The van der Waals surface area contributed by atoms with Crippen LogP contribution in [0.5, 0.6) is 0 Å². The maximum Gasteiger partial charge on any atom is 0.0537 e. The molecule has 1 heterocycles. The third kappa shape index (κ3) is 2.58. The Bertz CT molecular complexity index is 412. The lowest BCUT2D eigenvalue weighted by Crippen LogP contribution is -2.31. The van der Waals surface area contributed by atoms with Crippen LogP contribution in [0.3, 0.4) is 0 Å². The fraction of sp³-hybridized carbons (Fsp3) is 0.812. The van der Waals surface area contributed by atoms with Crippen molar-refractivity contribution in [2.24, 2.45) is 17.8 Å². The molecule has 3 rings (SSSR count). The number of aryl methyl sites for hydroxylation is 1. The van der Waals surface area contributed by atoms with Crippen LogP contribution in [0.2, 0.25) is 0 Å². The van der Waals surface area contributed by atoms with Gasteiger partial charge in [0, 0.05) is 24.3 Å². The van der Waals surface area contributed by atoms with E-state index in [1.807, 2.05) is 0 Å². The number of rotatable bonds is 6. The van der Waals surface area contributed by atoms with Crippen molar-refractivity contribution in [3.05, 3.63) is 18.0 Å². The predicted molar refractivity (Wildman–Crippen MR) is 77.9 cm³/mol. The van der Waals surface area contributed by atoms with E-state index < -0.39 is 0 Å². The van der Waals surface area contributed by atoms with Gasteiger partial charge in [0.05, 0.1) is 6.20 Å². The highest BCUT2D eigenvalue weighted by Crippen LogP contribution is 2.52. The van der Waals surface area contributed by atoms with Crippen molar-refractivity contribution in [1.82, 2.24) is 15.1 Å². The number of fused-ring (bicyclic) bond motifs is 2. The molecular formula is C16H27N3. The van der Waals surface area contributed by atoms with Gasteiger partial charge in [0.25, 0.3) is 0 Å². The second-order valence-electron chi connectivity index (χ2n) is 6.41. The molecular weight excluding hydrogens is 234 g/mol. The average Bonchev–Trinajstić information content (AvgIpc) is 3.12. The molecule has 1 aromatic heterocycles. The molecule has 2 aliphatic carbocycles. The summed E-state index contributed by atoms with van der Waals surface area (Å²) in [4.78, 5) is 0. The van der Waals surface area contributed by atoms with Gasteiger partial charge < -0.3 is 5.32 Å². The van der Waals surface area contributed by atoms with Crippen molar-refractivity contribution in [3.63, 3.8) is 0 Å². The minimum atomic E-state index is 0.533. The van der Waals surface area contributed by atoms with Gasteiger partial charge in [-0.1, -0.05) is 20.3 Å². The summed E-state index contributed by atoms with van der Waals surface area (Å²) in [6.07, 6.45) is 11.4. The van der Waals surface area contributed by atoms with E-state index in [2.05, 4.69) is 41.3 Å². The second-order valence-corrected chi connectivity index (χ2v) is 6.41. The van der Waals surface area contributed by atoms with E-state index in [1.165, 1.54) is 31.2 Å². The van der Waals surface area contributed by atoms with Crippen molar-refractivity contribution in [1.29, 1.82) is 0 Å². The molecule has 2 aliphatic rings. The number of aromatic nitrogens is 2. The molecule has 4 atom stereocenters. The normalized spacial score (nSPS) is 30.9. The lowest BCUT2D eigenvalue weighted by Gasteiger charge is -2.30. The Morgan fingerprint density at radius 1 is 1.37 bits per heavy atom. The van der Waals surface area contributed by atoms with Crippen LogP contribution in [-0.2, 0) is 6.54 Å². The van der Waals surface area contributed by atoms with Gasteiger partial charge in [0.15, 0.2) is 0 Å². The molecule has 0 radical (unpaired) electrons. The summed E-state index contributed by atoms with van der Waals surface area (Å²) in [5.74, 6) is 2.82. The summed E-state index contributed by atoms with van der Waals surface area (Å²) in [6.45, 7) is 6.52. The molecule has 0 amide bonds. The van der Waals surface area contributed by atoms with Crippen molar-refractivity contribution < 1.29 is 0 Å². The van der Waals surface area contributed by atoms with Crippen LogP contribution in [0.4, 0.5) is 0 Å². The third-order valence-corrected chi connectivity index (χ3v) is 5.11. The zero-order valence-corrected chi connectivity index (χ0v) is 12.3. The van der Waals surface area contributed by atoms with Crippen LogP contribution in [0, 0.1) is 17.8 Å². The van der Waals surface area contributed by atoms with E-state index in [-0.39, 0.29) is 0 Å². The van der Waals surface area contributed by atoms with Gasteiger partial charge >= 0.3 is 0 Å². The second kappa shape index (κ2) is 5.66. The topological polar surface area (TPSA) is 29.9 Å². The fourth-order valence-electron chi connectivity index (χ4n) is 4.33. The Balaban J connectivity index is 1.76. The van der Waals surface area contributed by atoms with Crippen LogP contribution in [0.25, 0.3) is 0 Å². The van der Waals surface area contributed by atoms with E-state index in [0.29, 0.717) is 6.04 Å². The molecule has 1 aromatic rings. The maximum atomic E-state index is 4.52. The fourth-order valence-corrected chi connectivity index (χ4v) is 4.33. The summed E-state index contributed by atoms with van der Waals surface area (Å²) < 4.78 is 2.10. The van der Waals surface area contributed by atoms with Crippen LogP contribution in [-0.4, -0.2) is 16.3 Å². The first-order valence-electron chi connectivity index (χ1n) is 8.07. The van der Waals surface area contributed by atoms with Gasteiger partial charge in [-0.3, -0.25) is 4.68 Å². The number of nitrogens with one attached hydrogen (secondary N) is 1. The van der Waals surface area contributed by atoms with E-state index in [0.717, 1.165) is 37.3 Å². The minimum absolute atomic E-state index is 0.533. The average molecular weight is 261 g/mol. The molecule has 2 bridgehead atoms. The quantitative estimate of drug-likeness (QED) is 0.850. The molecule has 3 heteroatoms. The summed E-state index contributed by atoms with van der Waals surface area (Å²) in [5, 5.41) is 8.25. The third-order valence-electron chi connectivity index (χ3n) is 5.11. The zero-order valence-electron chi connectivity index (χ0n) is 12.3. The van der Waals surface area contributed by atoms with Gasteiger partial charge in [-0.05, 0) is 50.0 Å². The molecule has 0 saturated heterocycles. The SMILES string of the molecule is CCCn1cc(C(NCC)C2CC3CCC2C3)cn1. The maximum absolute atomic E-state index is 4.52. The highest BCUT2D eigenvalue weighted by Gasteiger charge is 2.43. The summed E-state index contributed by atoms with van der Waals surface area (Å²) in [6, 6.07) is 0.533. The van der Waals surface area contributed by atoms with Gasteiger partial charge in [-0.2, -0.15) is 5.10 Å². The van der Waals surface area contributed by atoms with Gasteiger partial charge in [0.1, 0.15) is 0 Å². The molecule has 19 heavy (non-hydrogen) atoms. The molecule has 2 saturated carbocycles. The molecule has 2 fully saturated rings. The van der Waals surface area contributed by atoms with Crippen LogP contribution in [0.15, 0.2) is 12.4 Å². The van der Waals surface area contributed by atoms with Crippen molar-refractivity contribution in [2.75, 3.05) is 6.54 Å². The molecule has 0 aromatic carbocycles. The van der Waals surface area contributed by atoms with E-state index >= 15 is 0 Å². The Morgan fingerprint density at radius 3 is 2.89 bits per heavy atom. The Labute approximate surface area is 116 Å². The smallest absolute Gasteiger partial charge is 0.0537 e. The van der Waals surface area contributed by atoms with Crippen LogP contribution in [0.1, 0.15) is 57.6 Å². The largest absolute Gasteiger partial charge is 0.310 e. The molecule has 106 valence electrons.